The number of aliphatic hydroxyl groups excluding tert-OH is 2. The molecule has 1 radical (unpaired) electrons. The van der Waals surface area contributed by atoms with Gasteiger partial charge in [0.2, 0.25) is 0 Å². The third-order valence-electron chi connectivity index (χ3n) is 0.577. The molecule has 45 valence electrons. The minimum atomic E-state index is 0. The second-order valence-corrected chi connectivity index (χ2v) is 1.20. The first kappa shape index (κ1) is 11.6. The molecule has 0 aliphatic heterocycles. The predicted octanol–water partition coefficient (Wildman–Crippen LogP) is -1.82. The monoisotopic (exact) mass is 128 g/mol. The van der Waals surface area contributed by atoms with Crippen LogP contribution in [0.15, 0.2) is 0 Å². The number of hydrogen-bond donors (Lipinski definition) is 3. The van der Waals surface area contributed by atoms with Gasteiger partial charge in [-0.3, -0.25) is 0 Å². The van der Waals surface area contributed by atoms with Crippen LogP contribution in [0.4, 0.5) is 0 Å². The third-order valence-corrected chi connectivity index (χ3v) is 0.577. The van der Waals surface area contributed by atoms with Crippen molar-refractivity contribution in [1.29, 1.82) is 0 Å². The summed E-state index contributed by atoms with van der Waals surface area (Å²) in [6.45, 7) is 1.42. The smallest absolute Gasteiger partial charge is 0.0555 e. The summed E-state index contributed by atoms with van der Waals surface area (Å²) in [5.74, 6) is 0. The summed E-state index contributed by atoms with van der Waals surface area (Å²) in [5, 5.41) is 19.1. The molecule has 0 spiro atoms. The van der Waals surface area contributed by atoms with Crippen LogP contribution in [0.25, 0.3) is 0 Å². The van der Waals surface area contributed by atoms with Gasteiger partial charge in [-0.15, -0.1) is 0 Å². The van der Waals surface area contributed by atoms with Crippen LogP contribution in [0, 0.1) is 0 Å². The Morgan fingerprint density at radius 3 is 1.62 bits per heavy atom. The number of hydrogen-bond acceptors (Lipinski definition) is 3. The van der Waals surface area contributed by atoms with Gasteiger partial charge >= 0.3 is 0 Å². The van der Waals surface area contributed by atoms with Crippen molar-refractivity contribution in [3.05, 3.63) is 0 Å². The van der Waals surface area contributed by atoms with Crippen LogP contribution < -0.4 is 5.32 Å². The molecule has 3 nitrogen and oxygen atoms in total. The Morgan fingerprint density at radius 1 is 1.00 bits per heavy atom. The zero-order chi connectivity index (χ0) is 5.54. The summed E-state index contributed by atoms with van der Waals surface area (Å²) in [4.78, 5) is 0. The van der Waals surface area contributed by atoms with Crippen LogP contribution in [0.2, 0.25) is 0 Å². The topological polar surface area (TPSA) is 52.5 Å². The normalized spacial score (nSPS) is 8.25. The second kappa shape index (κ2) is 10.8. The summed E-state index contributed by atoms with van der Waals surface area (Å²) < 4.78 is 0. The SMILES string of the molecule is OCCNCCO.[Na]. The summed E-state index contributed by atoms with van der Waals surface area (Å²) in [5.41, 5.74) is 0. The van der Waals surface area contributed by atoms with Crippen LogP contribution in [0.3, 0.4) is 0 Å². The van der Waals surface area contributed by atoms with Crippen molar-refractivity contribution in [1.82, 2.24) is 5.32 Å². The molecule has 0 amide bonds. The standard InChI is InChI=1S/C4H11NO2.Na/c6-3-1-5-2-4-7;/h5-7H,1-4H2;. The fraction of sp³-hybridized carbons (Fsp3) is 1.00. The van der Waals surface area contributed by atoms with Crippen LogP contribution in [0.1, 0.15) is 0 Å². The number of nitrogens with one attached hydrogen (secondary N) is 1. The van der Waals surface area contributed by atoms with E-state index >= 15 is 0 Å². The van der Waals surface area contributed by atoms with E-state index in [-0.39, 0.29) is 42.8 Å². The van der Waals surface area contributed by atoms with Crippen molar-refractivity contribution in [2.45, 2.75) is 0 Å². The van der Waals surface area contributed by atoms with E-state index in [4.69, 9.17) is 10.2 Å². The Bertz CT molecular complexity index is 33.2. The second-order valence-electron chi connectivity index (χ2n) is 1.20. The minimum absolute atomic E-state index is 0. The maximum Gasteiger partial charge on any atom is 0.0555 e. The van der Waals surface area contributed by atoms with Gasteiger partial charge < -0.3 is 15.5 Å². The molecule has 3 N–H and O–H groups in total. The molecule has 4 heteroatoms. The van der Waals surface area contributed by atoms with Gasteiger partial charge in [-0.1, -0.05) is 0 Å². The van der Waals surface area contributed by atoms with Crippen LogP contribution in [0.5, 0.6) is 0 Å². The van der Waals surface area contributed by atoms with E-state index in [1.54, 1.807) is 0 Å². The van der Waals surface area contributed by atoms with Crippen molar-refractivity contribution >= 4 is 29.6 Å². The Labute approximate surface area is 71.4 Å². The maximum atomic E-state index is 8.15. The molecule has 0 heterocycles. The van der Waals surface area contributed by atoms with Gasteiger partial charge in [0.05, 0.1) is 13.2 Å². The van der Waals surface area contributed by atoms with Crippen LogP contribution in [-0.2, 0) is 0 Å². The van der Waals surface area contributed by atoms with Gasteiger partial charge in [-0.25, -0.2) is 0 Å². The molecule has 0 aliphatic rings. The average Bonchev–Trinajstić information content (AvgIpc) is 1.69. The summed E-state index contributed by atoms with van der Waals surface area (Å²) in [6, 6.07) is 0. The molecule has 0 rings (SSSR count). The molecular formula is C4H11NNaO2. The Hall–Kier alpha value is 0.880. The quantitative estimate of drug-likeness (QED) is 0.308. The number of aliphatic hydroxyl groups is 2. The zero-order valence-electron chi connectivity index (χ0n) is 5.22. The Kier molecular flexibility index (Phi) is 15.7. The predicted molar refractivity (Wildman–Crippen MR) is 32.8 cm³/mol. The van der Waals surface area contributed by atoms with Crippen LogP contribution in [-0.4, -0.2) is 66.1 Å². The maximum absolute atomic E-state index is 8.15. The van der Waals surface area contributed by atoms with Crippen molar-refractivity contribution in [3.8, 4) is 0 Å². The average molecular weight is 128 g/mol. The molecule has 0 unspecified atom stereocenters. The van der Waals surface area contributed by atoms with Gasteiger partial charge in [0.1, 0.15) is 0 Å². The van der Waals surface area contributed by atoms with E-state index in [0.717, 1.165) is 0 Å². The summed E-state index contributed by atoms with van der Waals surface area (Å²) in [7, 11) is 0. The molecule has 0 saturated heterocycles. The molecule has 0 aromatic rings. The first-order chi connectivity index (χ1) is 3.41. The van der Waals surface area contributed by atoms with Crippen molar-refractivity contribution in [2.75, 3.05) is 26.3 Å². The van der Waals surface area contributed by atoms with E-state index in [1.165, 1.54) is 0 Å². The zero-order valence-corrected chi connectivity index (χ0v) is 7.22. The van der Waals surface area contributed by atoms with Gasteiger partial charge in [-0.05, 0) is 0 Å². The molecule has 0 aromatic heterocycles. The van der Waals surface area contributed by atoms with E-state index in [0.29, 0.717) is 13.1 Å². The molecule has 0 atom stereocenters. The summed E-state index contributed by atoms with van der Waals surface area (Å²) in [6.07, 6.45) is 0. The number of rotatable bonds is 4. The largest absolute Gasteiger partial charge is 0.395 e. The Balaban J connectivity index is 0. The van der Waals surface area contributed by atoms with Crippen molar-refractivity contribution in [2.24, 2.45) is 0 Å². The fourth-order valence-corrected chi connectivity index (χ4v) is 0.283. The van der Waals surface area contributed by atoms with Gasteiger partial charge in [0, 0.05) is 42.6 Å². The van der Waals surface area contributed by atoms with Gasteiger partial charge in [0.15, 0.2) is 0 Å². The van der Waals surface area contributed by atoms with Gasteiger partial charge in [-0.2, -0.15) is 0 Å². The fourth-order valence-electron chi connectivity index (χ4n) is 0.283. The van der Waals surface area contributed by atoms with Crippen LogP contribution >= 0.6 is 0 Å². The summed E-state index contributed by atoms with van der Waals surface area (Å²) >= 11 is 0. The molecule has 0 saturated carbocycles. The molecule has 0 aromatic carbocycles. The molecule has 0 aliphatic carbocycles. The molecule has 0 bridgehead atoms. The first-order valence-corrected chi connectivity index (χ1v) is 2.34. The first-order valence-electron chi connectivity index (χ1n) is 2.34. The van der Waals surface area contributed by atoms with E-state index in [2.05, 4.69) is 5.32 Å². The van der Waals surface area contributed by atoms with E-state index in [1.807, 2.05) is 0 Å². The minimum Gasteiger partial charge on any atom is -0.395 e. The molecule has 8 heavy (non-hydrogen) atoms. The molecular weight excluding hydrogens is 117 g/mol. The Morgan fingerprint density at radius 2 is 1.38 bits per heavy atom. The van der Waals surface area contributed by atoms with E-state index < -0.39 is 0 Å². The van der Waals surface area contributed by atoms with Crippen molar-refractivity contribution in [3.63, 3.8) is 0 Å². The van der Waals surface area contributed by atoms with Gasteiger partial charge in [0.25, 0.3) is 0 Å². The van der Waals surface area contributed by atoms with E-state index in [9.17, 15) is 0 Å². The third kappa shape index (κ3) is 9.99. The van der Waals surface area contributed by atoms with Crippen molar-refractivity contribution < 1.29 is 10.2 Å². The molecule has 0 fully saturated rings.